The zero-order valence-electron chi connectivity index (χ0n) is 9.36. The number of unbranched alkanes of at least 4 members (excludes halogenated alkanes) is 3. The van der Waals surface area contributed by atoms with Gasteiger partial charge < -0.3 is 5.32 Å². The second-order valence-corrected chi connectivity index (χ2v) is 4.87. The fourth-order valence-electron chi connectivity index (χ4n) is 2.26. The van der Waals surface area contributed by atoms with Crippen LogP contribution in [-0.2, 0) is 0 Å². The maximum Gasteiger partial charge on any atom is -0.00437 e. The topological polar surface area (TPSA) is 12.0 Å². The molecule has 0 aromatic rings. The number of hydrogen-bond acceptors (Lipinski definition) is 1. The predicted octanol–water partition coefficient (Wildman–Crippen LogP) is 3.35. The Kier molecular flexibility index (Phi) is 4.79. The second-order valence-electron chi connectivity index (χ2n) is 4.87. The van der Waals surface area contributed by atoms with Crippen LogP contribution in [0.25, 0.3) is 0 Å². The fraction of sp³-hybridized carbons (Fsp3) is 1.00. The van der Waals surface area contributed by atoms with Gasteiger partial charge >= 0.3 is 0 Å². The largest absolute Gasteiger partial charge is 0.317 e. The van der Waals surface area contributed by atoms with Crippen LogP contribution in [0.5, 0.6) is 0 Å². The van der Waals surface area contributed by atoms with Crippen molar-refractivity contribution in [1.82, 2.24) is 5.32 Å². The van der Waals surface area contributed by atoms with Gasteiger partial charge in [0.05, 0.1) is 0 Å². The van der Waals surface area contributed by atoms with Crippen LogP contribution in [0.4, 0.5) is 0 Å². The van der Waals surface area contributed by atoms with Crippen molar-refractivity contribution in [2.75, 3.05) is 13.1 Å². The minimum Gasteiger partial charge on any atom is -0.317 e. The van der Waals surface area contributed by atoms with Crippen molar-refractivity contribution in [2.45, 2.75) is 58.8 Å². The summed E-state index contributed by atoms with van der Waals surface area (Å²) in [5.41, 5.74) is 0.666. The van der Waals surface area contributed by atoms with Crippen molar-refractivity contribution in [3.05, 3.63) is 0 Å². The minimum absolute atomic E-state index is 0.666. The highest BCUT2D eigenvalue weighted by atomic mass is 14.9. The predicted molar refractivity (Wildman–Crippen MR) is 59.0 cm³/mol. The third-order valence-electron chi connectivity index (χ3n) is 3.44. The van der Waals surface area contributed by atoms with E-state index in [0.29, 0.717) is 5.41 Å². The fourth-order valence-corrected chi connectivity index (χ4v) is 2.26. The van der Waals surface area contributed by atoms with E-state index in [2.05, 4.69) is 19.2 Å². The number of nitrogens with one attached hydrogen (secondary N) is 1. The van der Waals surface area contributed by atoms with Crippen molar-refractivity contribution >= 4 is 0 Å². The van der Waals surface area contributed by atoms with Crippen LogP contribution >= 0.6 is 0 Å². The molecule has 0 aromatic heterocycles. The Bertz CT molecular complexity index is 125. The normalized spacial score (nSPS) is 21.7. The highest BCUT2D eigenvalue weighted by Gasteiger charge is 2.25. The first-order chi connectivity index (χ1) is 6.27. The van der Waals surface area contributed by atoms with Gasteiger partial charge in [-0.05, 0) is 37.8 Å². The SMILES string of the molecule is CCCCCCC1(C)CCNCC1. The molecule has 0 saturated carbocycles. The standard InChI is InChI=1S/C12H25N/c1-3-4-5-6-7-12(2)8-10-13-11-9-12/h13H,3-11H2,1-2H3. The summed E-state index contributed by atoms with van der Waals surface area (Å²) in [7, 11) is 0. The molecule has 1 saturated heterocycles. The summed E-state index contributed by atoms with van der Waals surface area (Å²) in [6, 6.07) is 0. The summed E-state index contributed by atoms with van der Waals surface area (Å²) >= 11 is 0. The van der Waals surface area contributed by atoms with E-state index in [1.165, 1.54) is 58.0 Å². The maximum atomic E-state index is 3.44. The molecule has 0 amide bonds. The molecule has 0 unspecified atom stereocenters. The van der Waals surface area contributed by atoms with E-state index in [1.54, 1.807) is 0 Å². The van der Waals surface area contributed by atoms with Crippen molar-refractivity contribution in [3.63, 3.8) is 0 Å². The van der Waals surface area contributed by atoms with Gasteiger partial charge in [-0.25, -0.2) is 0 Å². The summed E-state index contributed by atoms with van der Waals surface area (Å²) in [5, 5.41) is 3.44. The summed E-state index contributed by atoms with van der Waals surface area (Å²) in [4.78, 5) is 0. The molecule has 13 heavy (non-hydrogen) atoms. The molecule has 1 heteroatoms. The van der Waals surface area contributed by atoms with E-state index in [9.17, 15) is 0 Å². The summed E-state index contributed by atoms with van der Waals surface area (Å²) in [6.45, 7) is 7.24. The third kappa shape index (κ3) is 4.12. The Morgan fingerprint density at radius 1 is 1.08 bits per heavy atom. The monoisotopic (exact) mass is 183 g/mol. The smallest absolute Gasteiger partial charge is 0.00437 e. The average Bonchev–Trinajstić information content (AvgIpc) is 2.14. The van der Waals surface area contributed by atoms with Crippen LogP contribution in [-0.4, -0.2) is 13.1 Å². The summed E-state index contributed by atoms with van der Waals surface area (Å²) in [5.74, 6) is 0. The Labute approximate surface area is 83.3 Å². The first-order valence-electron chi connectivity index (χ1n) is 5.97. The Morgan fingerprint density at radius 2 is 1.77 bits per heavy atom. The molecule has 1 aliphatic rings. The lowest BCUT2D eigenvalue weighted by atomic mass is 9.77. The summed E-state index contributed by atoms with van der Waals surface area (Å²) in [6.07, 6.45) is 9.91. The molecule has 1 N–H and O–H groups in total. The first kappa shape index (κ1) is 11.0. The molecule has 78 valence electrons. The molecule has 0 atom stereocenters. The molecular weight excluding hydrogens is 158 g/mol. The van der Waals surface area contributed by atoms with Crippen LogP contribution < -0.4 is 5.32 Å². The number of rotatable bonds is 5. The zero-order chi connectivity index (χ0) is 9.57. The third-order valence-corrected chi connectivity index (χ3v) is 3.44. The summed E-state index contributed by atoms with van der Waals surface area (Å²) < 4.78 is 0. The van der Waals surface area contributed by atoms with Crippen molar-refractivity contribution in [1.29, 1.82) is 0 Å². The number of hydrogen-bond donors (Lipinski definition) is 1. The van der Waals surface area contributed by atoms with Crippen molar-refractivity contribution < 1.29 is 0 Å². The van der Waals surface area contributed by atoms with Crippen LogP contribution in [0.2, 0.25) is 0 Å². The minimum atomic E-state index is 0.666. The molecular formula is C12H25N. The molecule has 1 rings (SSSR count). The molecule has 0 radical (unpaired) electrons. The van der Waals surface area contributed by atoms with E-state index in [4.69, 9.17) is 0 Å². The second kappa shape index (κ2) is 5.64. The van der Waals surface area contributed by atoms with Gasteiger partial charge in [-0.1, -0.05) is 39.5 Å². The van der Waals surface area contributed by atoms with Gasteiger partial charge in [-0.3, -0.25) is 0 Å². The molecule has 0 aromatic carbocycles. The molecule has 1 fully saturated rings. The lowest BCUT2D eigenvalue weighted by Crippen LogP contribution is -2.34. The highest BCUT2D eigenvalue weighted by Crippen LogP contribution is 2.33. The van der Waals surface area contributed by atoms with Crippen molar-refractivity contribution in [2.24, 2.45) is 5.41 Å². The Hall–Kier alpha value is -0.0400. The van der Waals surface area contributed by atoms with Crippen LogP contribution in [0.1, 0.15) is 58.8 Å². The van der Waals surface area contributed by atoms with Gasteiger partial charge in [-0.2, -0.15) is 0 Å². The first-order valence-corrected chi connectivity index (χ1v) is 5.97. The quantitative estimate of drug-likeness (QED) is 0.645. The van der Waals surface area contributed by atoms with Crippen molar-refractivity contribution in [3.8, 4) is 0 Å². The van der Waals surface area contributed by atoms with E-state index >= 15 is 0 Å². The van der Waals surface area contributed by atoms with Gasteiger partial charge in [0.15, 0.2) is 0 Å². The molecule has 0 spiro atoms. The van der Waals surface area contributed by atoms with Gasteiger partial charge in [0, 0.05) is 0 Å². The molecule has 1 aliphatic heterocycles. The van der Waals surface area contributed by atoms with Crippen LogP contribution in [0.3, 0.4) is 0 Å². The lowest BCUT2D eigenvalue weighted by molar-refractivity contribution is 0.205. The maximum absolute atomic E-state index is 3.44. The van der Waals surface area contributed by atoms with E-state index in [1.807, 2.05) is 0 Å². The van der Waals surface area contributed by atoms with Crippen LogP contribution in [0.15, 0.2) is 0 Å². The van der Waals surface area contributed by atoms with Gasteiger partial charge in [-0.15, -0.1) is 0 Å². The average molecular weight is 183 g/mol. The van der Waals surface area contributed by atoms with Gasteiger partial charge in [0.25, 0.3) is 0 Å². The Morgan fingerprint density at radius 3 is 2.38 bits per heavy atom. The number of piperidine rings is 1. The van der Waals surface area contributed by atoms with E-state index in [0.717, 1.165) is 0 Å². The van der Waals surface area contributed by atoms with Crippen LogP contribution in [0, 0.1) is 5.41 Å². The molecule has 1 nitrogen and oxygen atoms in total. The molecule has 0 bridgehead atoms. The van der Waals surface area contributed by atoms with Gasteiger partial charge in [0.1, 0.15) is 0 Å². The lowest BCUT2D eigenvalue weighted by Gasteiger charge is -2.34. The van der Waals surface area contributed by atoms with E-state index < -0.39 is 0 Å². The van der Waals surface area contributed by atoms with E-state index in [-0.39, 0.29) is 0 Å². The highest BCUT2D eigenvalue weighted by molar-refractivity contribution is 4.80. The molecule has 1 heterocycles. The Balaban J connectivity index is 2.10. The molecule has 0 aliphatic carbocycles. The zero-order valence-corrected chi connectivity index (χ0v) is 9.36. The van der Waals surface area contributed by atoms with Gasteiger partial charge in [0.2, 0.25) is 0 Å².